The summed E-state index contributed by atoms with van der Waals surface area (Å²) < 4.78 is 23.3. The van der Waals surface area contributed by atoms with Crippen LogP contribution in [0.25, 0.3) is 0 Å². The fourth-order valence-electron chi connectivity index (χ4n) is 3.57. The van der Waals surface area contributed by atoms with Crippen molar-refractivity contribution in [1.29, 1.82) is 0 Å². The van der Waals surface area contributed by atoms with Crippen molar-refractivity contribution >= 4 is 9.84 Å². The first-order valence-corrected chi connectivity index (χ1v) is 9.49. The summed E-state index contributed by atoms with van der Waals surface area (Å²) in [5.41, 5.74) is 2.94. The number of fused-ring (bicyclic) bond motifs is 1. The first-order chi connectivity index (χ1) is 9.54. The summed E-state index contributed by atoms with van der Waals surface area (Å²) >= 11 is 0. The largest absolute Gasteiger partial charge is 0.313 e. The molecule has 1 fully saturated rings. The molecule has 1 aromatic carbocycles. The maximum Gasteiger partial charge on any atom is 0.150 e. The molecule has 0 bridgehead atoms. The lowest BCUT2D eigenvalue weighted by atomic mass is 9.77. The van der Waals surface area contributed by atoms with Crippen molar-refractivity contribution in [2.24, 2.45) is 0 Å². The van der Waals surface area contributed by atoms with Gasteiger partial charge in [0.2, 0.25) is 0 Å². The van der Waals surface area contributed by atoms with E-state index in [-0.39, 0.29) is 5.25 Å². The highest BCUT2D eigenvalue weighted by atomic mass is 32.2. The van der Waals surface area contributed by atoms with Gasteiger partial charge in [0, 0.05) is 24.8 Å². The van der Waals surface area contributed by atoms with Gasteiger partial charge in [0.15, 0.2) is 0 Å². The minimum atomic E-state index is -2.88. The van der Waals surface area contributed by atoms with Gasteiger partial charge in [0.25, 0.3) is 0 Å². The second-order valence-electron chi connectivity index (χ2n) is 6.32. The summed E-state index contributed by atoms with van der Waals surface area (Å²) in [4.78, 5) is 0. The van der Waals surface area contributed by atoms with Crippen LogP contribution in [0.15, 0.2) is 24.3 Å². The second-order valence-corrected chi connectivity index (χ2v) is 8.65. The van der Waals surface area contributed by atoms with E-state index in [4.69, 9.17) is 0 Å². The summed E-state index contributed by atoms with van der Waals surface area (Å²) in [5.74, 6) is 0.616. The van der Waals surface area contributed by atoms with Gasteiger partial charge < -0.3 is 5.32 Å². The van der Waals surface area contributed by atoms with Crippen LogP contribution in [0.3, 0.4) is 0 Å². The predicted molar refractivity (Wildman–Crippen MR) is 81.8 cm³/mol. The average Bonchev–Trinajstić information content (AvgIpc) is 2.39. The molecule has 0 radical (unpaired) electrons. The number of rotatable bonds is 4. The van der Waals surface area contributed by atoms with Crippen molar-refractivity contribution in [1.82, 2.24) is 5.32 Å². The fraction of sp³-hybridized carbons (Fsp3) is 0.625. The van der Waals surface area contributed by atoms with E-state index in [1.165, 1.54) is 17.4 Å². The van der Waals surface area contributed by atoms with E-state index in [0.717, 1.165) is 38.6 Å². The minimum absolute atomic E-state index is 0.137. The van der Waals surface area contributed by atoms with Gasteiger partial charge in [-0.1, -0.05) is 30.7 Å². The summed E-state index contributed by atoms with van der Waals surface area (Å²) in [5, 5.41) is 3.47. The molecular formula is C16H23NO2S. The Bertz CT molecular complexity index is 582. The maximum atomic E-state index is 11.7. The van der Waals surface area contributed by atoms with Gasteiger partial charge in [0.1, 0.15) is 9.84 Å². The van der Waals surface area contributed by atoms with Crippen molar-refractivity contribution < 1.29 is 8.42 Å². The van der Waals surface area contributed by atoms with E-state index in [9.17, 15) is 8.42 Å². The molecule has 20 heavy (non-hydrogen) atoms. The molecule has 0 amide bonds. The van der Waals surface area contributed by atoms with Crippen molar-refractivity contribution in [3.63, 3.8) is 0 Å². The van der Waals surface area contributed by atoms with Crippen molar-refractivity contribution in [3.05, 3.63) is 35.4 Å². The Kier molecular flexibility index (Phi) is 3.87. The number of nitrogens with one attached hydrogen (secondary N) is 1. The van der Waals surface area contributed by atoms with Gasteiger partial charge in [-0.2, -0.15) is 0 Å². The van der Waals surface area contributed by atoms with Gasteiger partial charge in [-0.25, -0.2) is 8.42 Å². The molecule has 110 valence electrons. The Balaban J connectivity index is 1.53. The van der Waals surface area contributed by atoms with E-state index in [2.05, 4.69) is 29.6 Å². The molecule has 3 rings (SSSR count). The van der Waals surface area contributed by atoms with Crippen molar-refractivity contribution in [2.75, 3.05) is 12.8 Å². The Hall–Kier alpha value is -0.870. The van der Waals surface area contributed by atoms with Gasteiger partial charge >= 0.3 is 0 Å². The van der Waals surface area contributed by atoms with Crippen LogP contribution in [0.5, 0.6) is 0 Å². The predicted octanol–water partition coefficient (Wildman–Crippen LogP) is 2.27. The number of hydrogen-bond donors (Lipinski definition) is 1. The summed E-state index contributed by atoms with van der Waals surface area (Å²) in [7, 11) is -2.88. The number of hydrogen-bond acceptors (Lipinski definition) is 3. The van der Waals surface area contributed by atoms with Crippen molar-refractivity contribution in [2.45, 2.75) is 49.3 Å². The Morgan fingerprint density at radius 2 is 2.05 bits per heavy atom. The molecule has 3 atom stereocenters. The van der Waals surface area contributed by atoms with Crippen LogP contribution in [0.1, 0.15) is 42.7 Å². The van der Waals surface area contributed by atoms with E-state index in [0.29, 0.717) is 12.0 Å². The first kappa shape index (κ1) is 14.1. The molecule has 1 saturated carbocycles. The lowest BCUT2D eigenvalue weighted by molar-refractivity contribution is 0.358. The van der Waals surface area contributed by atoms with Crippen LogP contribution in [-0.2, 0) is 16.3 Å². The van der Waals surface area contributed by atoms with Gasteiger partial charge in [-0.05, 0) is 36.8 Å². The van der Waals surface area contributed by atoms with E-state index < -0.39 is 9.84 Å². The number of benzene rings is 1. The third-order valence-corrected chi connectivity index (χ3v) is 6.48. The number of sulfone groups is 1. The van der Waals surface area contributed by atoms with Crippen LogP contribution in [0.4, 0.5) is 0 Å². The average molecular weight is 293 g/mol. The van der Waals surface area contributed by atoms with E-state index >= 15 is 0 Å². The van der Waals surface area contributed by atoms with Crippen LogP contribution < -0.4 is 5.32 Å². The minimum Gasteiger partial charge on any atom is -0.313 e. The SMILES string of the molecule is CS(=O)(=O)C1CCCC(NCC2Cc3ccccc32)C1. The van der Waals surface area contributed by atoms with Gasteiger partial charge in [-0.15, -0.1) is 0 Å². The molecule has 0 spiro atoms. The van der Waals surface area contributed by atoms with Crippen LogP contribution >= 0.6 is 0 Å². The zero-order valence-corrected chi connectivity index (χ0v) is 12.8. The van der Waals surface area contributed by atoms with Crippen LogP contribution in [0, 0.1) is 0 Å². The quantitative estimate of drug-likeness (QED) is 0.926. The summed E-state index contributed by atoms with van der Waals surface area (Å²) in [6.45, 7) is 0.984. The Labute approximate surface area is 121 Å². The molecule has 2 aliphatic rings. The normalized spacial score (nSPS) is 29.6. The fourth-order valence-corrected chi connectivity index (χ4v) is 4.75. The highest BCUT2D eigenvalue weighted by Crippen LogP contribution is 2.34. The molecular weight excluding hydrogens is 270 g/mol. The summed E-state index contributed by atoms with van der Waals surface area (Å²) in [6, 6.07) is 8.99. The zero-order chi connectivity index (χ0) is 14.2. The van der Waals surface area contributed by atoms with Crippen molar-refractivity contribution in [3.8, 4) is 0 Å². The molecule has 0 heterocycles. The zero-order valence-electron chi connectivity index (χ0n) is 12.0. The molecule has 4 heteroatoms. The molecule has 2 aliphatic carbocycles. The molecule has 1 N–H and O–H groups in total. The Morgan fingerprint density at radius 1 is 1.25 bits per heavy atom. The van der Waals surface area contributed by atoms with E-state index in [1.54, 1.807) is 0 Å². The molecule has 3 nitrogen and oxygen atoms in total. The highest BCUT2D eigenvalue weighted by Gasteiger charge is 2.30. The van der Waals surface area contributed by atoms with E-state index in [1.807, 2.05) is 0 Å². The molecule has 0 saturated heterocycles. The lowest BCUT2D eigenvalue weighted by Gasteiger charge is -2.34. The highest BCUT2D eigenvalue weighted by molar-refractivity contribution is 7.91. The third-order valence-electron chi connectivity index (χ3n) is 4.85. The Morgan fingerprint density at radius 3 is 2.80 bits per heavy atom. The molecule has 0 aromatic heterocycles. The van der Waals surface area contributed by atoms with Gasteiger partial charge in [-0.3, -0.25) is 0 Å². The molecule has 0 aliphatic heterocycles. The summed E-state index contributed by atoms with van der Waals surface area (Å²) in [6.07, 6.45) is 6.29. The molecule has 3 unspecified atom stereocenters. The van der Waals surface area contributed by atoms with Gasteiger partial charge in [0.05, 0.1) is 5.25 Å². The monoisotopic (exact) mass is 293 g/mol. The smallest absolute Gasteiger partial charge is 0.150 e. The first-order valence-electron chi connectivity index (χ1n) is 7.54. The second kappa shape index (κ2) is 5.49. The maximum absolute atomic E-state index is 11.7. The standard InChI is InChI=1S/C16H23NO2S/c1-20(18,19)15-7-4-6-14(10-15)17-11-13-9-12-5-2-3-8-16(12)13/h2-3,5,8,13-15,17H,4,6-7,9-11H2,1H3. The van der Waals surface area contributed by atoms with Crippen LogP contribution in [0.2, 0.25) is 0 Å². The third kappa shape index (κ3) is 2.91. The topological polar surface area (TPSA) is 46.2 Å². The van der Waals surface area contributed by atoms with Crippen LogP contribution in [-0.4, -0.2) is 32.5 Å². The lowest BCUT2D eigenvalue weighted by Crippen LogP contribution is -2.41. The molecule has 1 aromatic rings.